The van der Waals surface area contributed by atoms with Crippen LogP contribution < -0.4 is 5.32 Å². The van der Waals surface area contributed by atoms with Gasteiger partial charge in [0.1, 0.15) is 6.33 Å². The van der Waals surface area contributed by atoms with Crippen LogP contribution in [0.25, 0.3) is 0 Å². The Morgan fingerprint density at radius 2 is 2.36 bits per heavy atom. The summed E-state index contributed by atoms with van der Waals surface area (Å²) >= 11 is 1.77. The molecule has 0 fully saturated rings. The maximum atomic E-state index is 4.15. The van der Waals surface area contributed by atoms with Crippen molar-refractivity contribution in [3.8, 4) is 0 Å². The molecule has 0 saturated heterocycles. The second-order valence-corrected chi connectivity index (χ2v) is 4.14. The molecule has 0 unspecified atom stereocenters. The van der Waals surface area contributed by atoms with E-state index in [2.05, 4.69) is 22.3 Å². The van der Waals surface area contributed by atoms with Gasteiger partial charge in [-0.05, 0) is 25.9 Å². The lowest BCUT2D eigenvalue weighted by molar-refractivity contribution is 0.662. The standard InChI is InChI=1S/C9H18N4S/c1-3-10-6-4-5-7-14-9-11-8-12-13(9)2/h8,10H,3-7H2,1-2H3. The topological polar surface area (TPSA) is 42.7 Å². The van der Waals surface area contributed by atoms with Gasteiger partial charge < -0.3 is 5.32 Å². The zero-order valence-electron chi connectivity index (χ0n) is 8.86. The van der Waals surface area contributed by atoms with E-state index in [0.29, 0.717) is 0 Å². The highest BCUT2D eigenvalue weighted by molar-refractivity contribution is 7.99. The average Bonchev–Trinajstić information content (AvgIpc) is 2.58. The largest absolute Gasteiger partial charge is 0.317 e. The van der Waals surface area contributed by atoms with Gasteiger partial charge in [0.2, 0.25) is 0 Å². The number of hydrogen-bond acceptors (Lipinski definition) is 4. The lowest BCUT2D eigenvalue weighted by Crippen LogP contribution is -2.13. The van der Waals surface area contributed by atoms with Crippen molar-refractivity contribution in [3.05, 3.63) is 6.33 Å². The summed E-state index contributed by atoms with van der Waals surface area (Å²) in [7, 11) is 1.92. The first-order chi connectivity index (χ1) is 6.84. The first kappa shape index (κ1) is 11.5. The van der Waals surface area contributed by atoms with Gasteiger partial charge in [0.15, 0.2) is 5.16 Å². The highest BCUT2D eigenvalue weighted by Crippen LogP contribution is 2.14. The van der Waals surface area contributed by atoms with E-state index >= 15 is 0 Å². The maximum Gasteiger partial charge on any atom is 0.185 e. The minimum Gasteiger partial charge on any atom is -0.317 e. The summed E-state index contributed by atoms with van der Waals surface area (Å²) in [6, 6.07) is 0. The van der Waals surface area contributed by atoms with Crippen molar-refractivity contribution in [3.63, 3.8) is 0 Å². The van der Waals surface area contributed by atoms with Gasteiger partial charge in [-0.2, -0.15) is 5.10 Å². The fourth-order valence-corrected chi connectivity index (χ4v) is 2.00. The summed E-state index contributed by atoms with van der Waals surface area (Å²) in [6.07, 6.45) is 4.06. The fraction of sp³-hybridized carbons (Fsp3) is 0.778. The lowest BCUT2D eigenvalue weighted by atomic mass is 10.3. The van der Waals surface area contributed by atoms with Gasteiger partial charge in [-0.25, -0.2) is 9.67 Å². The van der Waals surface area contributed by atoms with Crippen LogP contribution >= 0.6 is 11.8 Å². The summed E-state index contributed by atoms with van der Waals surface area (Å²) in [6.45, 7) is 4.32. The van der Waals surface area contributed by atoms with Crippen LogP contribution in [-0.2, 0) is 7.05 Å². The molecule has 4 nitrogen and oxygen atoms in total. The third kappa shape index (κ3) is 4.11. The van der Waals surface area contributed by atoms with Gasteiger partial charge in [0.05, 0.1) is 0 Å². The third-order valence-corrected chi connectivity index (χ3v) is 3.02. The van der Waals surface area contributed by atoms with Crippen LogP contribution in [0.2, 0.25) is 0 Å². The fourth-order valence-electron chi connectivity index (χ4n) is 1.11. The Bertz CT molecular complexity index is 249. The van der Waals surface area contributed by atoms with Gasteiger partial charge in [-0.3, -0.25) is 0 Å². The van der Waals surface area contributed by atoms with Crippen molar-refractivity contribution in [2.45, 2.75) is 24.9 Å². The van der Waals surface area contributed by atoms with E-state index in [1.165, 1.54) is 12.8 Å². The molecule has 0 aliphatic rings. The molecule has 1 rings (SSSR count). The lowest BCUT2D eigenvalue weighted by Gasteiger charge is -2.01. The Labute approximate surface area is 89.5 Å². The number of hydrogen-bond donors (Lipinski definition) is 1. The summed E-state index contributed by atoms with van der Waals surface area (Å²) in [5.41, 5.74) is 0. The number of rotatable bonds is 7. The molecule has 1 aromatic rings. The molecule has 0 atom stereocenters. The van der Waals surface area contributed by atoms with Gasteiger partial charge in [-0.1, -0.05) is 18.7 Å². The number of thioether (sulfide) groups is 1. The van der Waals surface area contributed by atoms with E-state index < -0.39 is 0 Å². The van der Waals surface area contributed by atoms with Crippen LogP contribution in [0, 0.1) is 0 Å². The quantitative estimate of drug-likeness (QED) is 0.549. The van der Waals surface area contributed by atoms with Crippen LogP contribution in [0.1, 0.15) is 19.8 Å². The summed E-state index contributed by atoms with van der Waals surface area (Å²) < 4.78 is 1.81. The van der Waals surface area contributed by atoms with Crippen LogP contribution in [0.5, 0.6) is 0 Å². The normalized spacial score (nSPS) is 10.7. The predicted molar refractivity (Wildman–Crippen MR) is 59.5 cm³/mol. The maximum absolute atomic E-state index is 4.15. The zero-order valence-corrected chi connectivity index (χ0v) is 9.68. The Hall–Kier alpha value is -0.550. The number of unbranched alkanes of at least 4 members (excludes halogenated alkanes) is 1. The monoisotopic (exact) mass is 214 g/mol. The van der Waals surface area contributed by atoms with E-state index in [0.717, 1.165) is 24.0 Å². The molecule has 0 aliphatic carbocycles. The summed E-state index contributed by atoms with van der Waals surface area (Å²) in [5, 5.41) is 8.34. The molecule has 5 heteroatoms. The first-order valence-electron chi connectivity index (χ1n) is 5.02. The molecule has 1 aromatic heterocycles. The van der Waals surface area contributed by atoms with Crippen LogP contribution in [0.15, 0.2) is 11.5 Å². The Morgan fingerprint density at radius 1 is 1.50 bits per heavy atom. The van der Waals surface area contributed by atoms with E-state index in [1.54, 1.807) is 18.1 Å². The Morgan fingerprint density at radius 3 is 3.00 bits per heavy atom. The highest BCUT2D eigenvalue weighted by atomic mass is 32.2. The van der Waals surface area contributed by atoms with Crippen molar-refractivity contribution in [2.75, 3.05) is 18.8 Å². The molecule has 1 heterocycles. The van der Waals surface area contributed by atoms with Crippen molar-refractivity contribution in [1.82, 2.24) is 20.1 Å². The SMILES string of the molecule is CCNCCCCSc1ncnn1C. The number of aryl methyl sites for hydroxylation is 1. The van der Waals surface area contributed by atoms with Crippen molar-refractivity contribution >= 4 is 11.8 Å². The molecule has 0 saturated carbocycles. The molecular formula is C9H18N4S. The summed E-state index contributed by atoms with van der Waals surface area (Å²) in [5.74, 6) is 1.12. The zero-order chi connectivity index (χ0) is 10.2. The molecule has 1 N–H and O–H groups in total. The molecule has 0 spiro atoms. The van der Waals surface area contributed by atoms with Gasteiger partial charge in [0, 0.05) is 12.8 Å². The Balaban J connectivity index is 2.02. The van der Waals surface area contributed by atoms with Crippen molar-refractivity contribution in [1.29, 1.82) is 0 Å². The third-order valence-electron chi connectivity index (χ3n) is 1.90. The van der Waals surface area contributed by atoms with Crippen LogP contribution in [0.4, 0.5) is 0 Å². The van der Waals surface area contributed by atoms with Gasteiger partial charge >= 0.3 is 0 Å². The van der Waals surface area contributed by atoms with E-state index in [1.807, 2.05) is 11.7 Å². The molecule has 14 heavy (non-hydrogen) atoms. The smallest absolute Gasteiger partial charge is 0.185 e. The number of nitrogens with one attached hydrogen (secondary N) is 1. The first-order valence-corrected chi connectivity index (χ1v) is 6.00. The molecule has 0 bridgehead atoms. The molecule has 0 amide bonds. The minimum absolute atomic E-state index is 1.01. The van der Waals surface area contributed by atoms with Gasteiger partial charge in [0.25, 0.3) is 0 Å². The van der Waals surface area contributed by atoms with Crippen LogP contribution in [0.3, 0.4) is 0 Å². The summed E-state index contributed by atoms with van der Waals surface area (Å²) in [4.78, 5) is 4.15. The molecule has 0 radical (unpaired) electrons. The van der Waals surface area contributed by atoms with Gasteiger partial charge in [-0.15, -0.1) is 0 Å². The molecule has 80 valence electrons. The second-order valence-electron chi connectivity index (χ2n) is 3.08. The van der Waals surface area contributed by atoms with Crippen molar-refractivity contribution in [2.24, 2.45) is 7.05 Å². The van der Waals surface area contributed by atoms with E-state index in [4.69, 9.17) is 0 Å². The Kier molecular flexibility index (Phi) is 5.63. The van der Waals surface area contributed by atoms with E-state index in [-0.39, 0.29) is 0 Å². The number of nitrogens with zero attached hydrogens (tertiary/aromatic N) is 3. The molecule has 0 aromatic carbocycles. The highest BCUT2D eigenvalue weighted by Gasteiger charge is 1.99. The predicted octanol–water partition coefficient (Wildman–Crippen LogP) is 1.30. The second kappa shape index (κ2) is 6.84. The average molecular weight is 214 g/mol. The molecule has 0 aliphatic heterocycles. The molecular weight excluding hydrogens is 196 g/mol. The van der Waals surface area contributed by atoms with Crippen molar-refractivity contribution < 1.29 is 0 Å². The van der Waals surface area contributed by atoms with Crippen LogP contribution in [-0.4, -0.2) is 33.6 Å². The van der Waals surface area contributed by atoms with E-state index in [9.17, 15) is 0 Å². The number of aromatic nitrogens is 3. The minimum atomic E-state index is 1.01.